The summed E-state index contributed by atoms with van der Waals surface area (Å²) in [4.78, 5) is 26.1. The van der Waals surface area contributed by atoms with Gasteiger partial charge in [-0.1, -0.05) is 5.16 Å². The third-order valence-electron chi connectivity index (χ3n) is 3.61. The van der Waals surface area contributed by atoms with Crippen LogP contribution in [0.5, 0.6) is 0 Å². The second-order valence-electron chi connectivity index (χ2n) is 5.64. The van der Waals surface area contributed by atoms with Crippen molar-refractivity contribution in [1.29, 1.82) is 0 Å². The van der Waals surface area contributed by atoms with Gasteiger partial charge in [-0.2, -0.15) is 5.10 Å². The molecule has 2 rings (SSSR count). The monoisotopic (exact) mass is 333 g/mol. The zero-order valence-electron chi connectivity index (χ0n) is 14.5. The lowest BCUT2D eigenvalue weighted by molar-refractivity contribution is -0.120. The number of likely N-dealkylation sites (N-methyl/N-ethyl adjacent to an activating group) is 1. The Labute approximate surface area is 140 Å². The highest BCUT2D eigenvalue weighted by atomic mass is 16.5. The number of hydrogen-bond acceptors (Lipinski definition) is 5. The van der Waals surface area contributed by atoms with Crippen LogP contribution in [0.2, 0.25) is 0 Å². The van der Waals surface area contributed by atoms with E-state index in [1.54, 1.807) is 35.7 Å². The molecule has 2 aromatic heterocycles. The van der Waals surface area contributed by atoms with Crippen LogP contribution in [-0.2, 0) is 18.3 Å². The number of carbonyl (C=O) groups is 2. The molecule has 0 fully saturated rings. The molecule has 0 aliphatic carbocycles. The molecule has 8 nitrogen and oxygen atoms in total. The quantitative estimate of drug-likeness (QED) is 0.810. The Hall–Kier alpha value is -2.64. The number of amides is 2. The summed E-state index contributed by atoms with van der Waals surface area (Å²) in [5, 5.41) is 10.7. The van der Waals surface area contributed by atoms with Gasteiger partial charge >= 0.3 is 0 Å². The minimum absolute atomic E-state index is 0.0966. The van der Waals surface area contributed by atoms with Crippen LogP contribution in [0.15, 0.2) is 16.7 Å². The SMILES string of the molecule is CCN(CCNC(=O)Cc1cc(C)no1)C(=O)c1cc(C)nn1C. The van der Waals surface area contributed by atoms with Gasteiger partial charge < -0.3 is 14.7 Å². The number of nitrogens with zero attached hydrogens (tertiary/aromatic N) is 4. The van der Waals surface area contributed by atoms with E-state index in [4.69, 9.17) is 4.52 Å². The fourth-order valence-corrected chi connectivity index (χ4v) is 2.43. The Balaban J connectivity index is 1.83. The van der Waals surface area contributed by atoms with Crippen LogP contribution in [-0.4, -0.2) is 51.3 Å². The smallest absolute Gasteiger partial charge is 0.272 e. The van der Waals surface area contributed by atoms with Crippen molar-refractivity contribution < 1.29 is 14.1 Å². The normalized spacial score (nSPS) is 10.7. The second kappa shape index (κ2) is 7.76. The van der Waals surface area contributed by atoms with E-state index in [9.17, 15) is 9.59 Å². The van der Waals surface area contributed by atoms with Gasteiger partial charge in [0.1, 0.15) is 11.5 Å². The molecule has 0 aromatic carbocycles. The van der Waals surface area contributed by atoms with E-state index < -0.39 is 0 Å². The molecule has 130 valence electrons. The van der Waals surface area contributed by atoms with E-state index in [-0.39, 0.29) is 18.2 Å². The molecule has 0 aliphatic heterocycles. The number of nitrogens with one attached hydrogen (secondary N) is 1. The molecule has 0 saturated heterocycles. The minimum Gasteiger partial charge on any atom is -0.361 e. The van der Waals surface area contributed by atoms with Crippen molar-refractivity contribution >= 4 is 11.8 Å². The van der Waals surface area contributed by atoms with Crippen LogP contribution in [0.4, 0.5) is 0 Å². The Morgan fingerprint density at radius 2 is 2.04 bits per heavy atom. The lowest BCUT2D eigenvalue weighted by Gasteiger charge is -2.20. The first kappa shape index (κ1) is 17.7. The molecule has 0 aliphatic rings. The van der Waals surface area contributed by atoms with Crippen LogP contribution >= 0.6 is 0 Å². The van der Waals surface area contributed by atoms with Crippen molar-refractivity contribution in [2.24, 2.45) is 7.05 Å². The van der Waals surface area contributed by atoms with E-state index in [0.29, 0.717) is 31.1 Å². The fraction of sp³-hybridized carbons (Fsp3) is 0.500. The van der Waals surface area contributed by atoms with Crippen LogP contribution in [0.3, 0.4) is 0 Å². The number of hydrogen-bond donors (Lipinski definition) is 1. The zero-order valence-corrected chi connectivity index (χ0v) is 14.5. The summed E-state index contributed by atoms with van der Waals surface area (Å²) in [5.41, 5.74) is 2.08. The summed E-state index contributed by atoms with van der Waals surface area (Å²) >= 11 is 0. The lowest BCUT2D eigenvalue weighted by Crippen LogP contribution is -2.39. The van der Waals surface area contributed by atoms with Gasteiger partial charge in [0.25, 0.3) is 5.91 Å². The molecular weight excluding hydrogens is 310 g/mol. The van der Waals surface area contributed by atoms with Crippen LogP contribution in [0.25, 0.3) is 0 Å². The molecule has 0 atom stereocenters. The summed E-state index contributed by atoms with van der Waals surface area (Å²) < 4.78 is 6.58. The molecular formula is C16H23N5O3. The van der Waals surface area contributed by atoms with Gasteiger partial charge in [0, 0.05) is 32.7 Å². The Morgan fingerprint density at radius 3 is 2.58 bits per heavy atom. The van der Waals surface area contributed by atoms with Crippen molar-refractivity contribution in [2.45, 2.75) is 27.2 Å². The summed E-state index contributed by atoms with van der Waals surface area (Å²) in [6.07, 6.45) is 0.141. The number of rotatable bonds is 7. The largest absolute Gasteiger partial charge is 0.361 e. The fourth-order valence-electron chi connectivity index (χ4n) is 2.43. The maximum atomic E-state index is 12.5. The summed E-state index contributed by atoms with van der Waals surface area (Å²) in [7, 11) is 1.75. The lowest BCUT2D eigenvalue weighted by atomic mass is 10.3. The van der Waals surface area contributed by atoms with Crippen LogP contribution in [0, 0.1) is 13.8 Å². The molecule has 0 saturated carbocycles. The Kier molecular flexibility index (Phi) is 5.73. The van der Waals surface area contributed by atoms with Crippen molar-refractivity contribution in [3.8, 4) is 0 Å². The third-order valence-corrected chi connectivity index (χ3v) is 3.61. The molecule has 2 heterocycles. The molecule has 0 bridgehead atoms. The maximum absolute atomic E-state index is 12.5. The van der Waals surface area contributed by atoms with Gasteiger partial charge in [-0.3, -0.25) is 14.3 Å². The summed E-state index contributed by atoms with van der Waals surface area (Å²) in [6.45, 7) is 6.91. The van der Waals surface area contributed by atoms with Gasteiger partial charge in [-0.15, -0.1) is 0 Å². The molecule has 24 heavy (non-hydrogen) atoms. The number of aryl methyl sites for hydroxylation is 3. The van der Waals surface area contributed by atoms with Crippen molar-refractivity contribution in [2.75, 3.05) is 19.6 Å². The van der Waals surface area contributed by atoms with Gasteiger partial charge in [0.15, 0.2) is 0 Å². The van der Waals surface area contributed by atoms with Crippen molar-refractivity contribution in [3.63, 3.8) is 0 Å². The first-order valence-electron chi connectivity index (χ1n) is 7.89. The zero-order chi connectivity index (χ0) is 17.7. The van der Waals surface area contributed by atoms with Gasteiger partial charge in [0.05, 0.1) is 17.8 Å². The molecule has 8 heteroatoms. The second-order valence-corrected chi connectivity index (χ2v) is 5.64. The highest BCUT2D eigenvalue weighted by Gasteiger charge is 2.18. The molecule has 1 N–H and O–H groups in total. The highest BCUT2D eigenvalue weighted by molar-refractivity contribution is 5.92. The predicted molar refractivity (Wildman–Crippen MR) is 87.5 cm³/mol. The molecule has 0 unspecified atom stereocenters. The first-order valence-corrected chi connectivity index (χ1v) is 7.89. The van der Waals surface area contributed by atoms with Crippen LogP contribution < -0.4 is 5.32 Å². The molecule has 2 aromatic rings. The topological polar surface area (TPSA) is 93.3 Å². The average Bonchev–Trinajstić information content (AvgIpc) is 3.08. The predicted octanol–water partition coefficient (Wildman–Crippen LogP) is 0.846. The molecule has 0 spiro atoms. The van der Waals surface area contributed by atoms with E-state index in [1.165, 1.54) is 0 Å². The van der Waals surface area contributed by atoms with Gasteiger partial charge in [-0.05, 0) is 26.8 Å². The van der Waals surface area contributed by atoms with Gasteiger partial charge in [-0.25, -0.2) is 0 Å². The van der Waals surface area contributed by atoms with Crippen molar-refractivity contribution in [1.82, 2.24) is 25.2 Å². The maximum Gasteiger partial charge on any atom is 0.272 e. The average molecular weight is 333 g/mol. The standard InChI is InChI=1S/C16H23N5O3/c1-5-21(16(23)14-9-11(2)18-20(14)4)7-6-17-15(22)10-13-8-12(3)19-24-13/h8-9H,5-7,10H2,1-4H3,(H,17,22). The van der Waals surface area contributed by atoms with E-state index in [0.717, 1.165) is 11.4 Å². The summed E-state index contributed by atoms with van der Waals surface area (Å²) in [6, 6.07) is 3.49. The van der Waals surface area contributed by atoms with Crippen molar-refractivity contribution in [3.05, 3.63) is 35.0 Å². The Bertz CT molecular complexity index is 719. The first-order chi connectivity index (χ1) is 11.4. The molecule has 2 amide bonds. The number of aromatic nitrogens is 3. The van der Waals surface area contributed by atoms with Crippen LogP contribution in [0.1, 0.15) is 34.6 Å². The van der Waals surface area contributed by atoms with Gasteiger partial charge in [0.2, 0.25) is 5.91 Å². The highest BCUT2D eigenvalue weighted by Crippen LogP contribution is 2.06. The third kappa shape index (κ3) is 4.43. The van der Waals surface area contributed by atoms with E-state index in [1.807, 2.05) is 13.8 Å². The Morgan fingerprint density at radius 1 is 1.29 bits per heavy atom. The van der Waals surface area contributed by atoms with E-state index >= 15 is 0 Å². The summed E-state index contributed by atoms with van der Waals surface area (Å²) in [5.74, 6) is 0.269. The van der Waals surface area contributed by atoms with E-state index in [2.05, 4.69) is 15.6 Å². The minimum atomic E-state index is -0.161. The number of carbonyl (C=O) groups excluding carboxylic acids is 2. The molecule has 0 radical (unpaired) electrons.